The van der Waals surface area contributed by atoms with Gasteiger partial charge in [0.1, 0.15) is 0 Å². The smallest absolute Gasteiger partial charge is 0.362 e. The number of nitrogens with zero attached hydrogens (tertiary/aromatic N) is 3. The third-order valence-electron chi connectivity index (χ3n) is 10.2. The van der Waals surface area contributed by atoms with Crippen LogP contribution >= 0.6 is 0 Å². The molecule has 2 saturated carbocycles. The Kier molecular flexibility index (Phi) is 6.43. The van der Waals surface area contributed by atoms with Crippen LogP contribution in [0, 0.1) is 23.7 Å². The molecule has 0 N–H and O–H groups in total. The van der Waals surface area contributed by atoms with Gasteiger partial charge >= 0.3 is 5.97 Å². The molecule has 2 aliphatic heterocycles. The number of hydrogen-bond donors (Lipinski definition) is 0. The molecule has 3 heterocycles. The summed E-state index contributed by atoms with van der Waals surface area (Å²) < 4.78 is 7.11. The van der Waals surface area contributed by atoms with Gasteiger partial charge in [-0.2, -0.15) is 0 Å². The number of esters is 1. The van der Waals surface area contributed by atoms with Crippen molar-refractivity contribution in [3.05, 3.63) is 40.3 Å². The van der Waals surface area contributed by atoms with Crippen molar-refractivity contribution in [3.8, 4) is 0 Å². The van der Waals surface area contributed by atoms with E-state index >= 15 is 0 Å². The van der Waals surface area contributed by atoms with Gasteiger partial charge in [0.05, 0.1) is 17.6 Å². The van der Waals surface area contributed by atoms with E-state index in [0.717, 1.165) is 36.1 Å². The minimum atomic E-state index is -0.615. The maximum atomic E-state index is 13.7. The molecule has 2 aliphatic carbocycles. The van der Waals surface area contributed by atoms with E-state index in [4.69, 9.17) is 4.74 Å². The van der Waals surface area contributed by atoms with Gasteiger partial charge in [0.2, 0.25) is 5.69 Å². The molecule has 2 saturated heterocycles. The lowest BCUT2D eigenvalue weighted by atomic mass is 9.64. The summed E-state index contributed by atoms with van der Waals surface area (Å²) in [6.45, 7) is 6.88. The standard InChI is InChI=1S/C30H41N3O3/c1-4-36-30(35)28-29(34)33(26-8-6-5-7-25(26)31-28)24-16-22-12-10-19(3)27(17-24)32(22)23-14-20-11-9-18(2)21(13-20)15-23/h5-8,18-24,27H,4,9-17H2,1-3H3/t18-,19-,20-,21+,22+,23+,24-,27+/m1/s1. The summed E-state index contributed by atoms with van der Waals surface area (Å²) in [5, 5.41) is 0. The van der Waals surface area contributed by atoms with Crippen molar-refractivity contribution in [2.45, 2.75) is 103 Å². The molecule has 0 amide bonds. The highest BCUT2D eigenvalue weighted by molar-refractivity contribution is 5.89. The topological polar surface area (TPSA) is 64.4 Å². The molecule has 194 valence electrons. The van der Waals surface area contributed by atoms with Crippen molar-refractivity contribution in [2.75, 3.05) is 6.61 Å². The summed E-state index contributed by atoms with van der Waals surface area (Å²) in [5.74, 6) is 2.65. The van der Waals surface area contributed by atoms with Crippen LogP contribution in [0.25, 0.3) is 11.0 Å². The zero-order valence-electron chi connectivity index (χ0n) is 22.1. The largest absolute Gasteiger partial charge is 0.461 e. The zero-order valence-corrected chi connectivity index (χ0v) is 22.1. The molecule has 6 nitrogen and oxygen atoms in total. The van der Waals surface area contributed by atoms with E-state index < -0.39 is 5.97 Å². The van der Waals surface area contributed by atoms with E-state index in [-0.39, 0.29) is 23.9 Å². The average Bonchev–Trinajstić information content (AvgIpc) is 2.88. The molecular weight excluding hydrogens is 450 g/mol. The van der Waals surface area contributed by atoms with Crippen LogP contribution in [0.5, 0.6) is 0 Å². The number of rotatable bonds is 4. The second kappa shape index (κ2) is 9.59. The Hall–Kier alpha value is -2.21. The van der Waals surface area contributed by atoms with E-state index in [0.29, 0.717) is 29.6 Å². The Morgan fingerprint density at radius 2 is 1.75 bits per heavy atom. The molecule has 6 rings (SSSR count). The first-order valence-corrected chi connectivity index (χ1v) is 14.4. The van der Waals surface area contributed by atoms with Gasteiger partial charge in [0, 0.05) is 24.2 Å². The summed E-state index contributed by atoms with van der Waals surface area (Å²) in [5.41, 5.74) is 1.15. The molecule has 1 aromatic heterocycles. The maximum Gasteiger partial charge on any atom is 0.362 e. The molecule has 0 radical (unpaired) electrons. The summed E-state index contributed by atoms with van der Waals surface area (Å²) >= 11 is 0. The minimum Gasteiger partial charge on any atom is -0.461 e. The Bertz CT molecular complexity index is 1190. The van der Waals surface area contributed by atoms with Crippen molar-refractivity contribution in [1.82, 2.24) is 14.5 Å². The monoisotopic (exact) mass is 491 g/mol. The quantitative estimate of drug-likeness (QED) is 0.522. The summed E-state index contributed by atoms with van der Waals surface area (Å²) in [6.07, 6.45) is 11.4. The van der Waals surface area contributed by atoms with Crippen molar-refractivity contribution in [1.29, 1.82) is 0 Å². The van der Waals surface area contributed by atoms with Gasteiger partial charge in [0.15, 0.2) is 0 Å². The van der Waals surface area contributed by atoms with Crippen LogP contribution in [0.1, 0.15) is 95.1 Å². The Morgan fingerprint density at radius 3 is 2.58 bits per heavy atom. The second-order valence-corrected chi connectivity index (χ2v) is 12.2. The van der Waals surface area contributed by atoms with E-state index in [1.165, 1.54) is 44.9 Å². The van der Waals surface area contributed by atoms with Crippen LogP contribution in [0.3, 0.4) is 0 Å². The second-order valence-electron chi connectivity index (χ2n) is 12.2. The molecule has 36 heavy (non-hydrogen) atoms. The first-order valence-electron chi connectivity index (χ1n) is 14.4. The number of para-hydroxylation sites is 2. The molecule has 4 aliphatic rings. The lowest BCUT2D eigenvalue weighted by Crippen LogP contribution is -2.61. The van der Waals surface area contributed by atoms with Crippen molar-refractivity contribution in [3.63, 3.8) is 0 Å². The Labute approximate surface area is 214 Å². The SMILES string of the molecule is CCOC(=O)c1nc2ccccc2n([C@@H]2C[C@@H]3CC[C@@H](C)[C@H](C2)N3[C@H]2C[C@@H]3CC[C@@H](C)[C@@H](C3)C2)c1=O. The van der Waals surface area contributed by atoms with Gasteiger partial charge in [-0.1, -0.05) is 38.8 Å². The number of ether oxygens (including phenoxy) is 1. The normalized spacial score (nSPS) is 36.5. The van der Waals surface area contributed by atoms with Gasteiger partial charge in [-0.05, 0) is 87.7 Å². The zero-order chi connectivity index (χ0) is 25.0. The predicted molar refractivity (Wildman–Crippen MR) is 141 cm³/mol. The number of fused-ring (bicyclic) bond motifs is 5. The number of carbonyl (C=O) groups is 1. The maximum absolute atomic E-state index is 13.7. The van der Waals surface area contributed by atoms with Crippen LogP contribution < -0.4 is 5.56 Å². The van der Waals surface area contributed by atoms with Crippen LogP contribution in [0.4, 0.5) is 0 Å². The number of carbonyl (C=O) groups excluding carboxylic acids is 1. The third-order valence-corrected chi connectivity index (χ3v) is 10.2. The molecule has 6 heteroatoms. The number of benzene rings is 1. The lowest BCUT2D eigenvalue weighted by molar-refractivity contribution is -0.0744. The number of piperidine rings is 2. The first-order chi connectivity index (χ1) is 17.4. The van der Waals surface area contributed by atoms with Crippen molar-refractivity contribution >= 4 is 17.0 Å². The highest BCUT2D eigenvalue weighted by atomic mass is 16.5. The van der Waals surface area contributed by atoms with Crippen LogP contribution in [-0.2, 0) is 4.74 Å². The predicted octanol–water partition coefficient (Wildman–Crippen LogP) is 5.59. The molecule has 4 bridgehead atoms. The van der Waals surface area contributed by atoms with Gasteiger partial charge in [-0.15, -0.1) is 0 Å². The summed E-state index contributed by atoms with van der Waals surface area (Å²) in [4.78, 5) is 33.8. The molecular formula is C30H41N3O3. The highest BCUT2D eigenvalue weighted by Gasteiger charge is 2.48. The van der Waals surface area contributed by atoms with E-state index in [1.807, 2.05) is 28.8 Å². The third kappa shape index (κ3) is 4.09. The van der Waals surface area contributed by atoms with Gasteiger partial charge in [-0.3, -0.25) is 9.69 Å². The van der Waals surface area contributed by atoms with Crippen molar-refractivity contribution < 1.29 is 9.53 Å². The van der Waals surface area contributed by atoms with Crippen molar-refractivity contribution in [2.24, 2.45) is 23.7 Å². The van der Waals surface area contributed by atoms with E-state index in [1.54, 1.807) is 6.92 Å². The van der Waals surface area contributed by atoms with Crippen LogP contribution in [0.2, 0.25) is 0 Å². The Balaban J connectivity index is 1.36. The summed E-state index contributed by atoms with van der Waals surface area (Å²) in [6, 6.07) is 9.53. The molecule has 4 fully saturated rings. The van der Waals surface area contributed by atoms with Gasteiger partial charge < -0.3 is 9.30 Å². The van der Waals surface area contributed by atoms with Crippen LogP contribution in [0.15, 0.2) is 29.1 Å². The number of aromatic nitrogens is 2. The lowest BCUT2D eigenvalue weighted by Gasteiger charge is -2.57. The number of hydrogen-bond acceptors (Lipinski definition) is 5. The first kappa shape index (κ1) is 24.1. The van der Waals surface area contributed by atoms with E-state index in [9.17, 15) is 9.59 Å². The molecule has 2 aromatic rings. The average molecular weight is 492 g/mol. The minimum absolute atomic E-state index is 0.0783. The highest BCUT2D eigenvalue weighted by Crippen LogP contribution is 2.50. The van der Waals surface area contributed by atoms with Crippen LogP contribution in [-0.4, -0.2) is 45.2 Å². The Morgan fingerprint density at radius 1 is 0.944 bits per heavy atom. The van der Waals surface area contributed by atoms with Gasteiger partial charge in [-0.25, -0.2) is 9.78 Å². The molecule has 8 atom stereocenters. The molecule has 0 unspecified atom stereocenters. The fraction of sp³-hybridized carbons (Fsp3) is 0.700. The summed E-state index contributed by atoms with van der Waals surface area (Å²) in [7, 11) is 0. The molecule has 0 spiro atoms. The fourth-order valence-electron chi connectivity index (χ4n) is 8.40. The van der Waals surface area contributed by atoms with E-state index in [2.05, 4.69) is 23.7 Å². The van der Waals surface area contributed by atoms with Gasteiger partial charge in [0.25, 0.3) is 5.56 Å². The molecule has 1 aromatic carbocycles. The fourth-order valence-corrected chi connectivity index (χ4v) is 8.40.